The second kappa shape index (κ2) is 6.74. The van der Waals surface area contributed by atoms with Crippen molar-refractivity contribution in [3.8, 4) is 0 Å². The molecule has 0 fully saturated rings. The summed E-state index contributed by atoms with van der Waals surface area (Å²) in [5.41, 5.74) is 0.741. The number of hydrogen-bond acceptors (Lipinski definition) is 5. The molecule has 20 heavy (non-hydrogen) atoms. The lowest BCUT2D eigenvalue weighted by Gasteiger charge is -2.19. The number of azo groups is 1. The van der Waals surface area contributed by atoms with E-state index in [0.29, 0.717) is 25.3 Å². The van der Waals surface area contributed by atoms with Crippen LogP contribution in [0.15, 0.2) is 38.8 Å². The number of aliphatic imine (C=N–C) groups is 1. The number of allylic oxidation sites excluding steroid dienone is 1. The van der Waals surface area contributed by atoms with E-state index in [0.717, 1.165) is 12.0 Å². The second-order valence-electron chi connectivity index (χ2n) is 4.39. The van der Waals surface area contributed by atoms with Gasteiger partial charge in [-0.1, -0.05) is 13.0 Å². The lowest BCUT2D eigenvalue weighted by Crippen LogP contribution is -2.30. The number of carbonyl (C=O) groups is 2. The topological polar surface area (TPSA) is 95.3 Å². The maximum Gasteiger partial charge on any atom is 0.293 e. The minimum Gasteiger partial charge on any atom is -0.368 e. The van der Waals surface area contributed by atoms with Crippen molar-refractivity contribution < 1.29 is 9.59 Å². The van der Waals surface area contributed by atoms with Crippen molar-refractivity contribution in [2.45, 2.75) is 25.8 Å². The summed E-state index contributed by atoms with van der Waals surface area (Å²) < 4.78 is 0. The van der Waals surface area contributed by atoms with Crippen LogP contribution in [0.3, 0.4) is 0 Å². The number of nitrogens with zero attached hydrogens (tertiary/aromatic N) is 3. The molecule has 2 aliphatic rings. The van der Waals surface area contributed by atoms with Crippen molar-refractivity contribution in [3.63, 3.8) is 0 Å². The quantitative estimate of drug-likeness (QED) is 0.699. The van der Waals surface area contributed by atoms with Gasteiger partial charge in [0.15, 0.2) is 11.9 Å². The minimum absolute atomic E-state index is 0.0413. The van der Waals surface area contributed by atoms with Gasteiger partial charge in [0.25, 0.3) is 5.91 Å². The average molecular weight is 275 g/mol. The predicted molar refractivity (Wildman–Crippen MR) is 74.2 cm³/mol. The first kappa shape index (κ1) is 14.1. The average Bonchev–Trinajstić information content (AvgIpc) is 2.49. The zero-order valence-corrected chi connectivity index (χ0v) is 11.3. The zero-order chi connectivity index (χ0) is 14.4. The number of amides is 2. The van der Waals surface area contributed by atoms with Gasteiger partial charge in [0.1, 0.15) is 0 Å². The maximum absolute atomic E-state index is 11.5. The lowest BCUT2D eigenvalue weighted by molar-refractivity contribution is -0.121. The highest BCUT2D eigenvalue weighted by Crippen LogP contribution is 2.22. The lowest BCUT2D eigenvalue weighted by atomic mass is 10.0. The van der Waals surface area contributed by atoms with Crippen molar-refractivity contribution in [2.24, 2.45) is 15.2 Å². The van der Waals surface area contributed by atoms with Crippen LogP contribution in [0.4, 0.5) is 0 Å². The van der Waals surface area contributed by atoms with Gasteiger partial charge in [-0.05, 0) is 12.5 Å². The summed E-state index contributed by atoms with van der Waals surface area (Å²) in [4.78, 5) is 26.7. The highest BCUT2D eigenvalue weighted by Gasteiger charge is 2.28. The molecule has 0 spiro atoms. The Kier molecular flexibility index (Phi) is 4.75. The van der Waals surface area contributed by atoms with Crippen LogP contribution in [0.1, 0.15) is 19.8 Å². The zero-order valence-electron chi connectivity index (χ0n) is 11.3. The molecule has 0 bridgehead atoms. The van der Waals surface area contributed by atoms with Crippen LogP contribution in [-0.4, -0.2) is 37.2 Å². The molecule has 2 rings (SSSR count). The molecule has 0 radical (unpaired) electrons. The summed E-state index contributed by atoms with van der Waals surface area (Å²) in [7, 11) is 0. The van der Waals surface area contributed by atoms with Crippen LogP contribution in [0.5, 0.6) is 0 Å². The molecular formula is C13H17N5O2. The van der Waals surface area contributed by atoms with Gasteiger partial charge in [0.2, 0.25) is 5.91 Å². The van der Waals surface area contributed by atoms with Gasteiger partial charge in [-0.3, -0.25) is 14.6 Å². The van der Waals surface area contributed by atoms with Crippen molar-refractivity contribution in [1.29, 1.82) is 0 Å². The van der Waals surface area contributed by atoms with Gasteiger partial charge in [-0.2, -0.15) is 0 Å². The molecule has 106 valence electrons. The monoisotopic (exact) mass is 275 g/mol. The number of carbonyl (C=O) groups excluding carboxylic acids is 2. The Hall–Kier alpha value is -2.31. The molecule has 0 saturated heterocycles. The molecule has 0 saturated carbocycles. The van der Waals surface area contributed by atoms with E-state index < -0.39 is 6.04 Å². The first-order valence-corrected chi connectivity index (χ1v) is 6.62. The molecule has 2 amide bonds. The van der Waals surface area contributed by atoms with Crippen molar-refractivity contribution >= 4 is 18.0 Å². The van der Waals surface area contributed by atoms with Gasteiger partial charge in [-0.15, -0.1) is 10.2 Å². The Morgan fingerprint density at radius 2 is 2.20 bits per heavy atom. The Balaban J connectivity index is 1.85. The van der Waals surface area contributed by atoms with Crippen molar-refractivity contribution in [2.75, 3.05) is 13.1 Å². The van der Waals surface area contributed by atoms with Crippen LogP contribution in [0.2, 0.25) is 0 Å². The Morgan fingerprint density at radius 3 is 3.00 bits per heavy atom. The van der Waals surface area contributed by atoms with Crippen molar-refractivity contribution in [1.82, 2.24) is 10.6 Å². The molecule has 1 unspecified atom stereocenters. The smallest absolute Gasteiger partial charge is 0.293 e. The molecule has 1 atom stereocenters. The fourth-order valence-corrected chi connectivity index (χ4v) is 1.86. The van der Waals surface area contributed by atoms with E-state index in [9.17, 15) is 9.59 Å². The van der Waals surface area contributed by atoms with E-state index in [1.54, 1.807) is 12.3 Å². The summed E-state index contributed by atoms with van der Waals surface area (Å²) >= 11 is 0. The first-order chi connectivity index (χ1) is 9.72. The Bertz CT molecular complexity index is 519. The third-order valence-electron chi connectivity index (χ3n) is 2.94. The second-order valence-corrected chi connectivity index (χ2v) is 4.39. The van der Waals surface area contributed by atoms with Crippen LogP contribution in [0, 0.1) is 0 Å². The molecule has 2 heterocycles. The van der Waals surface area contributed by atoms with Gasteiger partial charge in [-0.25, -0.2) is 0 Å². The summed E-state index contributed by atoms with van der Waals surface area (Å²) in [6.45, 7) is 3.06. The van der Waals surface area contributed by atoms with E-state index in [1.165, 1.54) is 0 Å². The molecule has 0 aromatic heterocycles. The first-order valence-electron chi connectivity index (χ1n) is 6.62. The molecule has 0 aromatic rings. The van der Waals surface area contributed by atoms with Gasteiger partial charge >= 0.3 is 0 Å². The summed E-state index contributed by atoms with van der Waals surface area (Å²) in [6.07, 6.45) is 6.43. The van der Waals surface area contributed by atoms with Crippen molar-refractivity contribution in [3.05, 3.63) is 23.5 Å². The fourth-order valence-electron chi connectivity index (χ4n) is 1.86. The third-order valence-corrected chi connectivity index (χ3v) is 2.94. The minimum atomic E-state index is -0.570. The standard InChI is InChI=1S/C13H17N5O2/c1-2-10(19)14-7-4-8-16-12-9-5-3-6-15-11(9)13(20)18-17-12/h3,5-6,11,16H,2,4,7-8H2,1H3,(H,14,19). The molecule has 0 aromatic carbocycles. The van der Waals surface area contributed by atoms with E-state index in [2.05, 4.69) is 25.9 Å². The van der Waals surface area contributed by atoms with Gasteiger partial charge in [0, 0.05) is 31.3 Å². The van der Waals surface area contributed by atoms with E-state index in [4.69, 9.17) is 0 Å². The molecule has 7 nitrogen and oxygen atoms in total. The molecule has 0 aliphatic carbocycles. The number of dihydropyridines is 1. The SMILES string of the molecule is CCC(=O)NCCCNC1=C2C=CC=NC2C(=O)N=N1. The summed E-state index contributed by atoms with van der Waals surface area (Å²) in [5, 5.41) is 13.4. The molecule has 2 aliphatic heterocycles. The largest absolute Gasteiger partial charge is 0.368 e. The summed E-state index contributed by atoms with van der Waals surface area (Å²) in [5.74, 6) is 0.269. The highest BCUT2D eigenvalue weighted by atomic mass is 16.2. The van der Waals surface area contributed by atoms with E-state index in [1.807, 2.05) is 13.0 Å². The fraction of sp³-hybridized carbons (Fsp3) is 0.462. The van der Waals surface area contributed by atoms with E-state index in [-0.39, 0.29) is 11.8 Å². The number of fused-ring (bicyclic) bond motifs is 1. The van der Waals surface area contributed by atoms with E-state index >= 15 is 0 Å². The third kappa shape index (κ3) is 3.37. The van der Waals surface area contributed by atoms with Crippen LogP contribution in [-0.2, 0) is 9.59 Å². The van der Waals surface area contributed by atoms with Crippen LogP contribution >= 0.6 is 0 Å². The summed E-state index contributed by atoms with van der Waals surface area (Å²) in [6, 6.07) is -0.570. The molecule has 2 N–H and O–H groups in total. The van der Waals surface area contributed by atoms with Crippen LogP contribution < -0.4 is 10.6 Å². The van der Waals surface area contributed by atoms with Crippen LogP contribution in [0.25, 0.3) is 0 Å². The highest BCUT2D eigenvalue weighted by molar-refractivity contribution is 5.91. The maximum atomic E-state index is 11.5. The van der Waals surface area contributed by atoms with Gasteiger partial charge < -0.3 is 10.6 Å². The number of hydrogen-bond donors (Lipinski definition) is 2. The molecule has 7 heteroatoms. The Labute approximate surface area is 116 Å². The molecular weight excluding hydrogens is 258 g/mol. The normalized spacial score (nSPS) is 20.1. The number of nitrogens with one attached hydrogen (secondary N) is 2. The number of rotatable bonds is 6. The predicted octanol–water partition coefficient (Wildman–Crippen LogP) is 0.705. The van der Waals surface area contributed by atoms with Gasteiger partial charge in [0.05, 0.1) is 0 Å². The Morgan fingerprint density at radius 1 is 1.35 bits per heavy atom.